The number of ether oxygens (including phenoxy) is 3. The van der Waals surface area contributed by atoms with Gasteiger partial charge in [0.25, 0.3) is 0 Å². The molecular weight excluding hydrogens is 286 g/mol. The molecule has 0 aliphatic heterocycles. The zero-order chi connectivity index (χ0) is 15.7. The highest BCUT2D eigenvalue weighted by Gasteiger charge is 2.08. The fraction of sp³-hybridized carbons (Fsp3) is 0.562. The lowest BCUT2D eigenvalue weighted by Crippen LogP contribution is -2.11. The van der Waals surface area contributed by atoms with Gasteiger partial charge in [0.1, 0.15) is 11.6 Å². The van der Waals surface area contributed by atoms with Crippen molar-refractivity contribution in [2.45, 2.75) is 27.2 Å². The van der Waals surface area contributed by atoms with E-state index in [1.54, 1.807) is 6.07 Å². The van der Waals surface area contributed by atoms with Crippen LogP contribution in [0, 0.1) is 5.92 Å². The molecule has 2 N–H and O–H groups in total. The first kappa shape index (κ1) is 17.7. The highest BCUT2D eigenvalue weighted by atomic mass is 32.1. The summed E-state index contributed by atoms with van der Waals surface area (Å²) in [6.07, 6.45) is 1.06. The summed E-state index contributed by atoms with van der Waals surface area (Å²) in [4.78, 5) is 0.347. The first-order chi connectivity index (χ1) is 10.0. The molecule has 0 aromatic heterocycles. The van der Waals surface area contributed by atoms with Crippen molar-refractivity contribution in [2.24, 2.45) is 11.7 Å². The van der Waals surface area contributed by atoms with Crippen molar-refractivity contribution >= 4 is 17.2 Å². The van der Waals surface area contributed by atoms with Gasteiger partial charge in [-0.3, -0.25) is 0 Å². The summed E-state index contributed by atoms with van der Waals surface area (Å²) in [6, 6.07) is 5.47. The largest absolute Gasteiger partial charge is 0.490 e. The molecule has 0 fully saturated rings. The second-order valence-corrected chi connectivity index (χ2v) is 5.54. The maximum atomic E-state index is 5.70. The molecule has 0 saturated carbocycles. The number of thiocarbonyl (C=S) groups is 1. The van der Waals surface area contributed by atoms with Crippen molar-refractivity contribution in [3.05, 3.63) is 23.8 Å². The molecule has 4 nitrogen and oxygen atoms in total. The Kier molecular flexibility index (Phi) is 8.08. The van der Waals surface area contributed by atoms with Crippen LogP contribution < -0.4 is 15.2 Å². The van der Waals surface area contributed by atoms with Gasteiger partial charge in [0.05, 0.1) is 13.2 Å². The highest BCUT2D eigenvalue weighted by Crippen LogP contribution is 2.28. The number of benzene rings is 1. The zero-order valence-corrected chi connectivity index (χ0v) is 13.9. The van der Waals surface area contributed by atoms with E-state index >= 15 is 0 Å². The quantitative estimate of drug-likeness (QED) is 0.531. The van der Waals surface area contributed by atoms with Crippen LogP contribution in [-0.2, 0) is 4.74 Å². The zero-order valence-electron chi connectivity index (χ0n) is 13.1. The number of hydrogen-bond acceptors (Lipinski definition) is 4. The molecule has 0 aliphatic rings. The molecule has 0 bridgehead atoms. The Balaban J connectivity index is 2.48. The predicted octanol–water partition coefficient (Wildman–Crippen LogP) is 3.16. The molecule has 0 spiro atoms. The molecule has 0 saturated heterocycles. The van der Waals surface area contributed by atoms with Crippen molar-refractivity contribution in [3.63, 3.8) is 0 Å². The minimum absolute atomic E-state index is 0.347. The Morgan fingerprint density at radius 3 is 2.52 bits per heavy atom. The van der Waals surface area contributed by atoms with Gasteiger partial charge >= 0.3 is 0 Å². The fourth-order valence-corrected chi connectivity index (χ4v) is 1.81. The SMILES string of the molecule is CCOc1cc(C(N)=S)ccc1OCCOCCC(C)C. The van der Waals surface area contributed by atoms with E-state index in [1.165, 1.54) is 0 Å². The third-order valence-corrected chi connectivity index (χ3v) is 3.09. The summed E-state index contributed by atoms with van der Waals surface area (Å²) in [6.45, 7) is 8.66. The van der Waals surface area contributed by atoms with Crippen LogP contribution in [0.15, 0.2) is 18.2 Å². The Morgan fingerprint density at radius 1 is 1.14 bits per heavy atom. The molecule has 21 heavy (non-hydrogen) atoms. The Bertz CT molecular complexity index is 449. The monoisotopic (exact) mass is 311 g/mol. The van der Waals surface area contributed by atoms with Gasteiger partial charge in [-0.05, 0) is 37.5 Å². The van der Waals surface area contributed by atoms with Crippen molar-refractivity contribution in [1.29, 1.82) is 0 Å². The van der Waals surface area contributed by atoms with E-state index in [1.807, 2.05) is 19.1 Å². The van der Waals surface area contributed by atoms with Gasteiger partial charge in [-0.1, -0.05) is 26.1 Å². The number of nitrogens with two attached hydrogens (primary N) is 1. The maximum Gasteiger partial charge on any atom is 0.161 e. The Hall–Kier alpha value is -1.33. The molecule has 1 aromatic rings. The summed E-state index contributed by atoms with van der Waals surface area (Å²) in [5.41, 5.74) is 6.40. The van der Waals surface area contributed by atoms with Crippen LogP contribution in [0.3, 0.4) is 0 Å². The van der Waals surface area contributed by atoms with E-state index in [9.17, 15) is 0 Å². The lowest BCUT2D eigenvalue weighted by molar-refractivity contribution is 0.0914. The normalized spacial score (nSPS) is 10.7. The topological polar surface area (TPSA) is 53.7 Å². The molecule has 5 heteroatoms. The van der Waals surface area contributed by atoms with Crippen LogP contribution in [0.25, 0.3) is 0 Å². The average molecular weight is 311 g/mol. The maximum absolute atomic E-state index is 5.70. The van der Waals surface area contributed by atoms with Gasteiger partial charge in [-0.2, -0.15) is 0 Å². The molecule has 0 heterocycles. The fourth-order valence-electron chi connectivity index (χ4n) is 1.68. The lowest BCUT2D eigenvalue weighted by atomic mass is 10.1. The summed E-state index contributed by atoms with van der Waals surface area (Å²) in [5, 5.41) is 0. The van der Waals surface area contributed by atoms with Crippen LogP contribution in [0.4, 0.5) is 0 Å². The lowest BCUT2D eigenvalue weighted by Gasteiger charge is -2.13. The summed E-state index contributed by atoms with van der Waals surface area (Å²) < 4.78 is 16.8. The van der Waals surface area contributed by atoms with Crippen molar-refractivity contribution < 1.29 is 14.2 Å². The van der Waals surface area contributed by atoms with Gasteiger partial charge in [0.15, 0.2) is 11.5 Å². The van der Waals surface area contributed by atoms with E-state index in [0.29, 0.717) is 42.2 Å². The van der Waals surface area contributed by atoms with Gasteiger partial charge in [-0.15, -0.1) is 0 Å². The van der Waals surface area contributed by atoms with Crippen LogP contribution >= 0.6 is 12.2 Å². The van der Waals surface area contributed by atoms with Crippen molar-refractivity contribution in [1.82, 2.24) is 0 Å². The third kappa shape index (κ3) is 6.78. The average Bonchev–Trinajstić information content (AvgIpc) is 2.43. The highest BCUT2D eigenvalue weighted by molar-refractivity contribution is 7.80. The van der Waals surface area contributed by atoms with E-state index in [4.69, 9.17) is 32.2 Å². The predicted molar refractivity (Wildman–Crippen MR) is 89.3 cm³/mol. The minimum atomic E-state index is 0.347. The molecule has 0 radical (unpaired) electrons. The summed E-state index contributed by atoms with van der Waals surface area (Å²) in [7, 11) is 0. The first-order valence-corrected chi connectivity index (χ1v) is 7.72. The van der Waals surface area contributed by atoms with Gasteiger partial charge < -0.3 is 19.9 Å². The third-order valence-electron chi connectivity index (χ3n) is 2.85. The van der Waals surface area contributed by atoms with Crippen molar-refractivity contribution in [3.8, 4) is 11.5 Å². The standard InChI is InChI=1S/C16H25NO3S/c1-4-19-15-11-13(16(17)21)5-6-14(15)20-10-9-18-8-7-12(2)3/h5-6,11-12H,4,7-10H2,1-3H3,(H2,17,21). The van der Waals surface area contributed by atoms with Crippen molar-refractivity contribution in [2.75, 3.05) is 26.4 Å². The Labute approximate surface area is 132 Å². The molecule has 0 aliphatic carbocycles. The molecule has 1 aromatic carbocycles. The number of rotatable bonds is 10. The van der Waals surface area contributed by atoms with Gasteiger partial charge in [0.2, 0.25) is 0 Å². The molecule has 0 amide bonds. The van der Waals surface area contributed by atoms with Gasteiger partial charge in [-0.25, -0.2) is 0 Å². The second-order valence-electron chi connectivity index (χ2n) is 5.10. The number of hydrogen-bond donors (Lipinski definition) is 1. The minimum Gasteiger partial charge on any atom is -0.490 e. The van der Waals surface area contributed by atoms with E-state index in [-0.39, 0.29) is 0 Å². The summed E-state index contributed by atoms with van der Waals surface area (Å²) in [5.74, 6) is 2.00. The second kappa shape index (κ2) is 9.58. The molecule has 0 unspecified atom stereocenters. The molecule has 118 valence electrons. The van der Waals surface area contributed by atoms with E-state index in [0.717, 1.165) is 18.6 Å². The molecular formula is C16H25NO3S. The molecule has 1 rings (SSSR count). The van der Waals surface area contributed by atoms with Gasteiger partial charge in [0, 0.05) is 12.2 Å². The van der Waals surface area contributed by atoms with Crippen LogP contribution in [0.1, 0.15) is 32.8 Å². The van der Waals surface area contributed by atoms with Crippen LogP contribution in [0.2, 0.25) is 0 Å². The van der Waals surface area contributed by atoms with Crippen LogP contribution in [-0.4, -0.2) is 31.4 Å². The Morgan fingerprint density at radius 2 is 1.90 bits per heavy atom. The summed E-state index contributed by atoms with van der Waals surface area (Å²) >= 11 is 4.97. The van der Waals surface area contributed by atoms with E-state index in [2.05, 4.69) is 13.8 Å². The first-order valence-electron chi connectivity index (χ1n) is 7.31. The van der Waals surface area contributed by atoms with E-state index < -0.39 is 0 Å². The molecule has 0 atom stereocenters. The van der Waals surface area contributed by atoms with Crippen LogP contribution in [0.5, 0.6) is 11.5 Å². The smallest absolute Gasteiger partial charge is 0.161 e.